The summed E-state index contributed by atoms with van der Waals surface area (Å²) in [6, 6.07) is 11.3. The van der Waals surface area contributed by atoms with Crippen molar-refractivity contribution >= 4 is 45.0 Å². The molecule has 0 aliphatic heterocycles. The van der Waals surface area contributed by atoms with Crippen molar-refractivity contribution in [2.45, 2.75) is 13.3 Å². The zero-order chi connectivity index (χ0) is 21.0. The third kappa shape index (κ3) is 5.41. The summed E-state index contributed by atoms with van der Waals surface area (Å²) in [5, 5.41) is 0.708. The lowest BCUT2D eigenvalue weighted by atomic mass is 10.1. The average molecular weight is 450 g/mol. The highest BCUT2D eigenvalue weighted by molar-refractivity contribution is 7.22. The molecule has 0 fully saturated rings. The number of ether oxygens (including phenoxy) is 2. The Labute approximate surface area is 187 Å². The number of halogens is 1. The smallest absolute Gasteiger partial charge is 0.260 e. The zero-order valence-electron chi connectivity index (χ0n) is 18.0. The Hall–Kier alpha value is -2.35. The van der Waals surface area contributed by atoms with E-state index in [9.17, 15) is 4.79 Å². The van der Waals surface area contributed by atoms with Gasteiger partial charge in [0.15, 0.2) is 5.13 Å². The number of thiazole rings is 1. The summed E-state index contributed by atoms with van der Waals surface area (Å²) in [5.41, 5.74) is 2.57. The minimum Gasteiger partial charge on any atom is -0.497 e. The Bertz CT molecular complexity index is 984. The van der Waals surface area contributed by atoms with Gasteiger partial charge in [0.1, 0.15) is 11.5 Å². The van der Waals surface area contributed by atoms with E-state index in [0.29, 0.717) is 28.7 Å². The SMILES string of the molecule is COc1cc(OC)cc(C(=O)N(CCCN(C)C)c2nc3c(C)cccc3s2)c1.Cl. The van der Waals surface area contributed by atoms with Gasteiger partial charge in [-0.2, -0.15) is 0 Å². The van der Waals surface area contributed by atoms with Crippen LogP contribution in [0, 0.1) is 6.92 Å². The molecule has 1 aromatic heterocycles. The molecule has 0 saturated carbocycles. The van der Waals surface area contributed by atoms with Crippen LogP contribution in [0.3, 0.4) is 0 Å². The summed E-state index contributed by atoms with van der Waals surface area (Å²) >= 11 is 1.54. The summed E-state index contributed by atoms with van der Waals surface area (Å²) in [5.74, 6) is 1.06. The van der Waals surface area contributed by atoms with Gasteiger partial charge in [-0.05, 0) is 57.7 Å². The fraction of sp³-hybridized carbons (Fsp3) is 0.364. The molecule has 8 heteroatoms. The molecule has 0 aliphatic rings. The highest BCUT2D eigenvalue weighted by atomic mass is 35.5. The molecule has 0 radical (unpaired) electrons. The van der Waals surface area contributed by atoms with Gasteiger partial charge in [-0.25, -0.2) is 4.98 Å². The number of fused-ring (bicyclic) bond motifs is 1. The van der Waals surface area contributed by atoms with E-state index in [1.807, 2.05) is 39.2 Å². The van der Waals surface area contributed by atoms with Crippen molar-refractivity contribution in [1.82, 2.24) is 9.88 Å². The minimum absolute atomic E-state index is 0. The summed E-state index contributed by atoms with van der Waals surface area (Å²) < 4.78 is 11.8. The number of amides is 1. The molecule has 30 heavy (non-hydrogen) atoms. The third-order valence-corrected chi connectivity index (χ3v) is 5.71. The molecule has 1 amide bonds. The van der Waals surface area contributed by atoms with E-state index in [4.69, 9.17) is 14.5 Å². The van der Waals surface area contributed by atoms with E-state index in [-0.39, 0.29) is 18.3 Å². The topological polar surface area (TPSA) is 54.9 Å². The van der Waals surface area contributed by atoms with Crippen molar-refractivity contribution in [1.29, 1.82) is 0 Å². The lowest BCUT2D eigenvalue weighted by Crippen LogP contribution is -2.33. The van der Waals surface area contributed by atoms with Crippen molar-refractivity contribution in [3.8, 4) is 11.5 Å². The summed E-state index contributed by atoms with van der Waals surface area (Å²) in [6.07, 6.45) is 0.842. The molecular formula is C22H28ClN3O3S. The highest BCUT2D eigenvalue weighted by Crippen LogP contribution is 2.32. The van der Waals surface area contributed by atoms with Gasteiger partial charge in [0.2, 0.25) is 0 Å². The number of aryl methyl sites for hydroxylation is 1. The summed E-state index contributed by atoms with van der Waals surface area (Å²) in [4.78, 5) is 22.2. The number of rotatable bonds is 8. The van der Waals surface area contributed by atoms with Gasteiger partial charge in [0.25, 0.3) is 5.91 Å². The number of carbonyl (C=O) groups excluding carboxylic acids is 1. The van der Waals surface area contributed by atoms with Gasteiger partial charge in [-0.1, -0.05) is 23.5 Å². The maximum absolute atomic E-state index is 13.5. The number of aromatic nitrogens is 1. The maximum atomic E-state index is 13.5. The Balaban J connectivity index is 0.00000320. The number of hydrogen-bond acceptors (Lipinski definition) is 6. The second-order valence-electron chi connectivity index (χ2n) is 7.13. The Morgan fingerprint density at radius 2 is 1.73 bits per heavy atom. The molecule has 0 saturated heterocycles. The molecular weight excluding hydrogens is 422 g/mol. The molecule has 162 valence electrons. The van der Waals surface area contributed by atoms with Crippen LogP contribution in [0.5, 0.6) is 11.5 Å². The molecule has 0 N–H and O–H groups in total. The van der Waals surface area contributed by atoms with Gasteiger partial charge in [0.05, 0.1) is 24.4 Å². The van der Waals surface area contributed by atoms with Crippen molar-refractivity contribution in [2.75, 3.05) is 46.3 Å². The van der Waals surface area contributed by atoms with Crippen LogP contribution in [0.15, 0.2) is 36.4 Å². The van der Waals surface area contributed by atoms with E-state index >= 15 is 0 Å². The molecule has 0 atom stereocenters. The molecule has 3 aromatic rings. The van der Waals surface area contributed by atoms with Gasteiger partial charge in [0, 0.05) is 18.2 Å². The lowest BCUT2D eigenvalue weighted by Gasteiger charge is -2.21. The lowest BCUT2D eigenvalue weighted by molar-refractivity contribution is 0.0985. The molecule has 0 aliphatic carbocycles. The largest absolute Gasteiger partial charge is 0.497 e. The minimum atomic E-state index is -0.113. The monoisotopic (exact) mass is 449 g/mol. The van der Waals surface area contributed by atoms with Crippen LogP contribution in [0.4, 0.5) is 5.13 Å². The Morgan fingerprint density at radius 3 is 2.30 bits per heavy atom. The number of anilines is 1. The van der Waals surface area contributed by atoms with Gasteiger partial charge in [-0.3, -0.25) is 9.69 Å². The fourth-order valence-electron chi connectivity index (χ4n) is 3.11. The van der Waals surface area contributed by atoms with Gasteiger partial charge < -0.3 is 14.4 Å². The average Bonchev–Trinajstić information content (AvgIpc) is 3.15. The first-order valence-electron chi connectivity index (χ1n) is 9.48. The molecule has 2 aromatic carbocycles. The van der Waals surface area contributed by atoms with E-state index in [2.05, 4.69) is 4.90 Å². The zero-order valence-corrected chi connectivity index (χ0v) is 19.6. The van der Waals surface area contributed by atoms with Crippen molar-refractivity contribution < 1.29 is 14.3 Å². The quantitative estimate of drug-likeness (QED) is 0.501. The van der Waals surface area contributed by atoms with Crippen LogP contribution < -0.4 is 14.4 Å². The van der Waals surface area contributed by atoms with Crippen molar-refractivity contribution in [3.63, 3.8) is 0 Å². The Kier molecular flexibility index (Phi) is 8.46. The molecule has 0 unspecified atom stereocenters. The molecule has 0 spiro atoms. The molecule has 6 nitrogen and oxygen atoms in total. The third-order valence-electron chi connectivity index (χ3n) is 4.67. The second-order valence-corrected chi connectivity index (χ2v) is 8.14. The summed E-state index contributed by atoms with van der Waals surface area (Å²) in [7, 11) is 7.21. The Morgan fingerprint density at radius 1 is 1.07 bits per heavy atom. The first kappa shape index (κ1) is 23.9. The van der Waals surface area contributed by atoms with Crippen LogP contribution in [-0.4, -0.2) is 57.2 Å². The van der Waals surface area contributed by atoms with Crippen LogP contribution in [0.25, 0.3) is 10.2 Å². The summed E-state index contributed by atoms with van der Waals surface area (Å²) in [6.45, 7) is 3.50. The second kappa shape index (κ2) is 10.6. The number of para-hydroxylation sites is 1. The number of nitrogens with zero attached hydrogens (tertiary/aromatic N) is 3. The van der Waals surface area contributed by atoms with Gasteiger partial charge >= 0.3 is 0 Å². The van der Waals surface area contributed by atoms with Crippen LogP contribution >= 0.6 is 23.7 Å². The maximum Gasteiger partial charge on any atom is 0.260 e. The first-order chi connectivity index (χ1) is 13.9. The van der Waals surface area contributed by atoms with Crippen molar-refractivity contribution in [2.24, 2.45) is 0 Å². The highest BCUT2D eigenvalue weighted by Gasteiger charge is 2.23. The van der Waals surface area contributed by atoms with E-state index in [0.717, 1.165) is 28.7 Å². The van der Waals surface area contributed by atoms with E-state index < -0.39 is 0 Å². The van der Waals surface area contributed by atoms with Gasteiger partial charge in [-0.15, -0.1) is 12.4 Å². The molecule has 1 heterocycles. The molecule has 0 bridgehead atoms. The van der Waals surface area contributed by atoms with Crippen LogP contribution in [-0.2, 0) is 0 Å². The predicted molar refractivity (Wildman–Crippen MR) is 126 cm³/mol. The molecule has 3 rings (SSSR count). The van der Waals surface area contributed by atoms with E-state index in [1.165, 1.54) is 11.3 Å². The van der Waals surface area contributed by atoms with Crippen molar-refractivity contribution in [3.05, 3.63) is 47.5 Å². The standard InChI is InChI=1S/C22H27N3O3S.ClH/c1-15-8-6-9-19-20(15)23-22(29-19)25(11-7-10-24(2)3)21(26)16-12-17(27-4)14-18(13-16)28-5;/h6,8-9,12-14H,7,10-11H2,1-5H3;1H. The van der Waals surface area contributed by atoms with Crippen LogP contribution in [0.2, 0.25) is 0 Å². The fourth-order valence-corrected chi connectivity index (χ4v) is 4.17. The van der Waals surface area contributed by atoms with Crippen LogP contribution in [0.1, 0.15) is 22.3 Å². The normalized spacial score (nSPS) is 10.7. The first-order valence-corrected chi connectivity index (χ1v) is 10.3. The number of carbonyl (C=O) groups is 1. The predicted octanol–water partition coefficient (Wildman–Crippen LogP) is 4.64. The number of methoxy groups -OCH3 is 2. The number of benzene rings is 2. The number of hydrogen-bond donors (Lipinski definition) is 0. The van der Waals surface area contributed by atoms with E-state index in [1.54, 1.807) is 37.3 Å².